The normalized spacial score (nSPS) is 17.1. The van der Waals surface area contributed by atoms with Gasteiger partial charge in [0.15, 0.2) is 0 Å². The first-order valence-corrected chi connectivity index (χ1v) is 5.14. The molecule has 1 fully saturated rings. The lowest BCUT2D eigenvalue weighted by Gasteiger charge is -2.26. The smallest absolute Gasteiger partial charge is 0.225 e. The van der Waals surface area contributed by atoms with E-state index in [1.165, 1.54) is 0 Å². The average molecular weight is 214 g/mol. The number of ether oxygens (including phenoxy) is 1. The fourth-order valence-corrected chi connectivity index (χ4v) is 1.52. The van der Waals surface area contributed by atoms with Crippen LogP contribution in [0.4, 0.5) is 5.95 Å². The lowest BCUT2D eigenvalue weighted by molar-refractivity contribution is 0.122. The molecule has 1 aliphatic rings. The van der Waals surface area contributed by atoms with E-state index in [1.807, 2.05) is 6.07 Å². The maximum atomic E-state index is 5.70. The van der Waals surface area contributed by atoms with Gasteiger partial charge in [-0.25, -0.2) is 9.97 Å². The molecule has 5 heteroatoms. The van der Waals surface area contributed by atoms with E-state index in [4.69, 9.17) is 16.3 Å². The summed E-state index contributed by atoms with van der Waals surface area (Å²) in [5, 5.41) is 0. The molecule has 2 heterocycles. The standard InChI is InChI=1S/C9H12ClN3O/c10-7-8-1-2-11-9(12-8)13-3-5-14-6-4-13/h1-2H,3-7H2. The predicted molar refractivity (Wildman–Crippen MR) is 54.6 cm³/mol. The zero-order valence-electron chi connectivity index (χ0n) is 7.82. The molecular weight excluding hydrogens is 202 g/mol. The largest absolute Gasteiger partial charge is 0.378 e. The van der Waals surface area contributed by atoms with Crippen LogP contribution in [-0.2, 0) is 10.6 Å². The van der Waals surface area contributed by atoms with Gasteiger partial charge in [0.05, 0.1) is 24.8 Å². The minimum atomic E-state index is 0.430. The van der Waals surface area contributed by atoms with Crippen LogP contribution in [0.15, 0.2) is 12.3 Å². The number of halogens is 1. The van der Waals surface area contributed by atoms with Crippen molar-refractivity contribution in [3.8, 4) is 0 Å². The molecule has 0 bridgehead atoms. The second-order valence-corrected chi connectivity index (χ2v) is 3.35. The van der Waals surface area contributed by atoms with Gasteiger partial charge in [-0.2, -0.15) is 0 Å². The molecular formula is C9H12ClN3O. The summed E-state index contributed by atoms with van der Waals surface area (Å²) < 4.78 is 5.25. The Bertz CT molecular complexity index is 302. The maximum Gasteiger partial charge on any atom is 0.225 e. The van der Waals surface area contributed by atoms with E-state index in [9.17, 15) is 0 Å². The molecule has 0 spiro atoms. The number of aromatic nitrogens is 2. The first kappa shape index (κ1) is 9.68. The van der Waals surface area contributed by atoms with Gasteiger partial charge in [0.1, 0.15) is 0 Å². The number of hydrogen-bond donors (Lipinski definition) is 0. The molecule has 0 aliphatic carbocycles. The van der Waals surface area contributed by atoms with Crippen molar-refractivity contribution in [2.45, 2.75) is 5.88 Å². The van der Waals surface area contributed by atoms with E-state index < -0.39 is 0 Å². The van der Waals surface area contributed by atoms with Crippen molar-refractivity contribution in [2.75, 3.05) is 31.2 Å². The fourth-order valence-electron chi connectivity index (χ4n) is 1.37. The van der Waals surface area contributed by atoms with Crippen molar-refractivity contribution in [1.82, 2.24) is 9.97 Å². The van der Waals surface area contributed by atoms with Gasteiger partial charge in [-0.3, -0.25) is 0 Å². The van der Waals surface area contributed by atoms with Gasteiger partial charge in [-0.05, 0) is 6.07 Å². The van der Waals surface area contributed by atoms with Gasteiger partial charge in [-0.15, -0.1) is 11.6 Å². The Morgan fingerprint density at radius 1 is 1.43 bits per heavy atom. The second-order valence-electron chi connectivity index (χ2n) is 3.08. The average Bonchev–Trinajstić information content (AvgIpc) is 2.30. The number of alkyl halides is 1. The number of rotatable bonds is 2. The molecule has 0 saturated carbocycles. The summed E-state index contributed by atoms with van der Waals surface area (Å²) in [5.74, 6) is 1.19. The van der Waals surface area contributed by atoms with Crippen LogP contribution in [0.25, 0.3) is 0 Å². The quantitative estimate of drug-likeness (QED) is 0.689. The molecule has 0 aromatic carbocycles. The molecule has 1 saturated heterocycles. The van der Waals surface area contributed by atoms with Gasteiger partial charge in [-0.1, -0.05) is 0 Å². The van der Waals surface area contributed by atoms with Crippen LogP contribution in [0.3, 0.4) is 0 Å². The van der Waals surface area contributed by atoms with E-state index in [2.05, 4.69) is 14.9 Å². The van der Waals surface area contributed by atoms with E-state index in [1.54, 1.807) is 6.20 Å². The summed E-state index contributed by atoms with van der Waals surface area (Å²) >= 11 is 5.70. The van der Waals surface area contributed by atoms with Crippen LogP contribution in [0.2, 0.25) is 0 Å². The van der Waals surface area contributed by atoms with Crippen molar-refractivity contribution in [3.63, 3.8) is 0 Å². The Kier molecular flexibility index (Phi) is 3.16. The molecule has 0 atom stereocenters. The van der Waals surface area contributed by atoms with E-state index in [0.29, 0.717) is 5.88 Å². The van der Waals surface area contributed by atoms with Gasteiger partial charge < -0.3 is 9.64 Å². The summed E-state index contributed by atoms with van der Waals surface area (Å²) in [5.41, 5.74) is 0.864. The Morgan fingerprint density at radius 3 is 2.93 bits per heavy atom. The molecule has 2 rings (SSSR count). The van der Waals surface area contributed by atoms with Crippen LogP contribution in [0.5, 0.6) is 0 Å². The zero-order valence-corrected chi connectivity index (χ0v) is 8.57. The summed E-state index contributed by atoms with van der Waals surface area (Å²) in [6, 6.07) is 1.83. The van der Waals surface area contributed by atoms with E-state index >= 15 is 0 Å². The number of anilines is 1. The number of nitrogens with zero attached hydrogens (tertiary/aromatic N) is 3. The highest BCUT2D eigenvalue weighted by molar-refractivity contribution is 6.16. The topological polar surface area (TPSA) is 38.2 Å². The molecule has 14 heavy (non-hydrogen) atoms. The third kappa shape index (κ3) is 2.13. The summed E-state index contributed by atoms with van der Waals surface area (Å²) in [4.78, 5) is 10.7. The fraction of sp³-hybridized carbons (Fsp3) is 0.556. The van der Waals surface area contributed by atoms with Gasteiger partial charge >= 0.3 is 0 Å². The lowest BCUT2D eigenvalue weighted by atomic mass is 10.4. The number of morpholine rings is 1. The summed E-state index contributed by atoms with van der Waals surface area (Å²) in [6.45, 7) is 3.19. The monoisotopic (exact) mass is 213 g/mol. The minimum absolute atomic E-state index is 0.430. The lowest BCUT2D eigenvalue weighted by Crippen LogP contribution is -2.37. The molecule has 0 unspecified atom stereocenters. The Balaban J connectivity index is 2.13. The van der Waals surface area contributed by atoms with Gasteiger partial charge in [0.25, 0.3) is 0 Å². The van der Waals surface area contributed by atoms with Crippen LogP contribution in [0.1, 0.15) is 5.69 Å². The molecule has 0 radical (unpaired) electrons. The molecule has 1 aliphatic heterocycles. The Morgan fingerprint density at radius 2 is 2.21 bits per heavy atom. The predicted octanol–water partition coefficient (Wildman–Crippen LogP) is 1.05. The SMILES string of the molecule is ClCc1ccnc(N2CCOCC2)n1. The highest BCUT2D eigenvalue weighted by Gasteiger charge is 2.13. The first-order valence-electron chi connectivity index (χ1n) is 4.61. The molecule has 4 nitrogen and oxygen atoms in total. The Hall–Kier alpha value is -0.870. The van der Waals surface area contributed by atoms with E-state index in [-0.39, 0.29) is 0 Å². The first-order chi connectivity index (χ1) is 6.90. The van der Waals surface area contributed by atoms with Crippen LogP contribution < -0.4 is 4.90 Å². The number of hydrogen-bond acceptors (Lipinski definition) is 4. The second kappa shape index (κ2) is 4.57. The van der Waals surface area contributed by atoms with Crippen LogP contribution in [-0.4, -0.2) is 36.3 Å². The highest BCUT2D eigenvalue weighted by atomic mass is 35.5. The van der Waals surface area contributed by atoms with Crippen molar-refractivity contribution in [1.29, 1.82) is 0 Å². The summed E-state index contributed by atoms with van der Waals surface area (Å²) in [6.07, 6.45) is 1.75. The summed E-state index contributed by atoms with van der Waals surface area (Å²) in [7, 11) is 0. The molecule has 1 aromatic rings. The van der Waals surface area contributed by atoms with Crippen LogP contribution >= 0.6 is 11.6 Å². The van der Waals surface area contributed by atoms with Gasteiger partial charge in [0, 0.05) is 19.3 Å². The molecule has 1 aromatic heterocycles. The highest BCUT2D eigenvalue weighted by Crippen LogP contribution is 2.10. The van der Waals surface area contributed by atoms with Crippen molar-refractivity contribution >= 4 is 17.5 Å². The van der Waals surface area contributed by atoms with Crippen molar-refractivity contribution in [3.05, 3.63) is 18.0 Å². The van der Waals surface area contributed by atoms with Gasteiger partial charge in [0.2, 0.25) is 5.95 Å². The minimum Gasteiger partial charge on any atom is -0.378 e. The third-order valence-electron chi connectivity index (χ3n) is 2.13. The maximum absolute atomic E-state index is 5.70. The zero-order chi connectivity index (χ0) is 9.80. The van der Waals surface area contributed by atoms with Crippen molar-refractivity contribution in [2.24, 2.45) is 0 Å². The molecule has 0 N–H and O–H groups in total. The third-order valence-corrected chi connectivity index (χ3v) is 2.41. The van der Waals surface area contributed by atoms with Crippen molar-refractivity contribution < 1.29 is 4.74 Å². The Labute approximate surface area is 87.9 Å². The van der Waals surface area contributed by atoms with Crippen LogP contribution in [0, 0.1) is 0 Å². The molecule has 0 amide bonds. The molecule has 76 valence electrons. The van der Waals surface area contributed by atoms with E-state index in [0.717, 1.165) is 37.9 Å².